The van der Waals surface area contributed by atoms with E-state index in [1.165, 1.54) is 0 Å². The molecular weight excluding hydrogens is 304 g/mol. The maximum absolute atomic E-state index is 12.6. The van der Waals surface area contributed by atoms with Crippen molar-refractivity contribution < 1.29 is 14.3 Å². The molecule has 0 aliphatic carbocycles. The van der Waals surface area contributed by atoms with Gasteiger partial charge in [-0.25, -0.2) is 4.79 Å². The number of nitrogens with zero attached hydrogens (tertiary/aromatic N) is 2. The average Bonchev–Trinajstić information content (AvgIpc) is 2.60. The number of anilines is 1. The third kappa shape index (κ3) is 4.41. The molecule has 1 heterocycles. The van der Waals surface area contributed by atoms with Gasteiger partial charge in [0.25, 0.3) is 0 Å². The van der Waals surface area contributed by atoms with E-state index in [9.17, 15) is 9.59 Å². The highest BCUT2D eigenvalue weighted by molar-refractivity contribution is 5.95. The largest absolute Gasteiger partial charge is 0.462 e. The number of aromatic nitrogens is 1. The summed E-state index contributed by atoms with van der Waals surface area (Å²) in [5.74, 6) is -0.479. The molecule has 0 spiro atoms. The summed E-state index contributed by atoms with van der Waals surface area (Å²) in [4.78, 5) is 30.1. The molecule has 0 radical (unpaired) electrons. The average molecular weight is 326 g/mol. The molecule has 0 N–H and O–H groups in total. The van der Waals surface area contributed by atoms with E-state index in [0.29, 0.717) is 18.7 Å². The lowest BCUT2D eigenvalue weighted by Crippen LogP contribution is -2.33. The van der Waals surface area contributed by atoms with Crippen molar-refractivity contribution in [1.29, 1.82) is 0 Å². The molecule has 1 amide bonds. The van der Waals surface area contributed by atoms with Crippen LogP contribution in [0, 0.1) is 5.92 Å². The Hall–Kier alpha value is -2.69. The minimum absolute atomic E-state index is 0.0164. The van der Waals surface area contributed by atoms with Crippen molar-refractivity contribution in [3.05, 3.63) is 59.9 Å². The minimum Gasteiger partial charge on any atom is -0.462 e. The zero-order valence-corrected chi connectivity index (χ0v) is 14.2. The highest BCUT2D eigenvalue weighted by Gasteiger charge is 2.20. The standard InChI is InChI=1S/C19H22N2O3/c1-4-24-19(23)16-7-9-17(10-8-16)21(18(22)14(2)3)13-15-6-5-11-20-12-15/h5-12,14H,4,13H2,1-3H3. The maximum atomic E-state index is 12.6. The number of esters is 1. The molecule has 0 saturated carbocycles. The van der Waals surface area contributed by atoms with E-state index in [-0.39, 0.29) is 17.8 Å². The van der Waals surface area contributed by atoms with Gasteiger partial charge in [0.2, 0.25) is 5.91 Å². The molecule has 5 nitrogen and oxygen atoms in total. The SMILES string of the molecule is CCOC(=O)c1ccc(N(Cc2cccnc2)C(=O)C(C)C)cc1. The van der Waals surface area contributed by atoms with Gasteiger partial charge in [-0.3, -0.25) is 9.78 Å². The quantitative estimate of drug-likeness (QED) is 0.763. The lowest BCUT2D eigenvalue weighted by atomic mass is 10.1. The number of amides is 1. The van der Waals surface area contributed by atoms with Gasteiger partial charge in [0.1, 0.15) is 0 Å². The monoisotopic (exact) mass is 326 g/mol. The Labute approximate surface area is 142 Å². The lowest BCUT2D eigenvalue weighted by Gasteiger charge is -2.25. The predicted molar refractivity (Wildman–Crippen MR) is 92.7 cm³/mol. The zero-order valence-electron chi connectivity index (χ0n) is 14.2. The topological polar surface area (TPSA) is 59.5 Å². The van der Waals surface area contributed by atoms with Crippen molar-refractivity contribution in [2.24, 2.45) is 5.92 Å². The molecule has 2 aromatic rings. The fourth-order valence-corrected chi connectivity index (χ4v) is 2.27. The number of ether oxygens (including phenoxy) is 1. The Morgan fingerprint density at radius 1 is 1.17 bits per heavy atom. The zero-order chi connectivity index (χ0) is 17.5. The number of hydrogen-bond acceptors (Lipinski definition) is 4. The first-order valence-electron chi connectivity index (χ1n) is 8.00. The Morgan fingerprint density at radius 2 is 1.88 bits per heavy atom. The Kier molecular flexibility index (Phi) is 6.07. The van der Waals surface area contributed by atoms with Gasteiger partial charge in [-0.2, -0.15) is 0 Å². The molecule has 0 aliphatic rings. The third-order valence-electron chi connectivity index (χ3n) is 3.51. The first-order valence-corrected chi connectivity index (χ1v) is 8.00. The van der Waals surface area contributed by atoms with Crippen molar-refractivity contribution in [1.82, 2.24) is 4.98 Å². The highest BCUT2D eigenvalue weighted by atomic mass is 16.5. The fourth-order valence-electron chi connectivity index (χ4n) is 2.27. The van der Waals surface area contributed by atoms with Crippen LogP contribution in [0.25, 0.3) is 0 Å². The van der Waals surface area contributed by atoms with Crippen LogP contribution in [-0.2, 0) is 16.1 Å². The highest BCUT2D eigenvalue weighted by Crippen LogP contribution is 2.21. The van der Waals surface area contributed by atoms with Crippen LogP contribution in [-0.4, -0.2) is 23.5 Å². The van der Waals surface area contributed by atoms with E-state index in [2.05, 4.69) is 4.98 Å². The molecule has 5 heteroatoms. The van der Waals surface area contributed by atoms with Crippen LogP contribution in [0.4, 0.5) is 5.69 Å². The van der Waals surface area contributed by atoms with E-state index in [1.54, 1.807) is 48.5 Å². The van der Waals surface area contributed by atoms with Crippen LogP contribution in [0.5, 0.6) is 0 Å². The Bertz CT molecular complexity index is 682. The molecule has 0 atom stereocenters. The molecular formula is C19H22N2O3. The van der Waals surface area contributed by atoms with E-state index in [1.807, 2.05) is 26.0 Å². The summed E-state index contributed by atoms with van der Waals surface area (Å²) in [5, 5.41) is 0. The van der Waals surface area contributed by atoms with Crippen LogP contribution >= 0.6 is 0 Å². The smallest absolute Gasteiger partial charge is 0.338 e. The fraction of sp³-hybridized carbons (Fsp3) is 0.316. The summed E-state index contributed by atoms with van der Waals surface area (Å²) >= 11 is 0. The molecule has 24 heavy (non-hydrogen) atoms. The first kappa shape index (κ1) is 17.7. The summed E-state index contributed by atoms with van der Waals surface area (Å²) in [6.07, 6.45) is 3.44. The molecule has 126 valence electrons. The second kappa shape index (κ2) is 8.24. The van der Waals surface area contributed by atoms with Crippen molar-refractivity contribution >= 4 is 17.6 Å². The first-order chi connectivity index (χ1) is 11.5. The van der Waals surface area contributed by atoms with Crippen molar-refractivity contribution in [2.75, 3.05) is 11.5 Å². The van der Waals surface area contributed by atoms with Crippen molar-refractivity contribution in [3.8, 4) is 0 Å². The number of carbonyl (C=O) groups is 2. The van der Waals surface area contributed by atoms with E-state index in [0.717, 1.165) is 11.3 Å². The van der Waals surface area contributed by atoms with Gasteiger partial charge in [0.05, 0.1) is 18.7 Å². The second-order valence-corrected chi connectivity index (χ2v) is 5.71. The van der Waals surface area contributed by atoms with Gasteiger partial charge < -0.3 is 9.64 Å². The Balaban J connectivity index is 2.26. The van der Waals surface area contributed by atoms with Gasteiger partial charge >= 0.3 is 5.97 Å². The van der Waals surface area contributed by atoms with Gasteiger partial charge in [-0.15, -0.1) is 0 Å². The molecule has 0 unspecified atom stereocenters. The third-order valence-corrected chi connectivity index (χ3v) is 3.51. The van der Waals surface area contributed by atoms with E-state index in [4.69, 9.17) is 4.74 Å². The number of rotatable bonds is 6. The molecule has 0 fully saturated rings. The maximum Gasteiger partial charge on any atom is 0.338 e. The minimum atomic E-state index is -0.363. The lowest BCUT2D eigenvalue weighted by molar-refractivity contribution is -0.121. The summed E-state index contributed by atoms with van der Waals surface area (Å²) in [7, 11) is 0. The van der Waals surface area contributed by atoms with Crippen LogP contribution in [0.1, 0.15) is 36.7 Å². The Morgan fingerprint density at radius 3 is 2.42 bits per heavy atom. The van der Waals surface area contributed by atoms with Gasteiger partial charge in [-0.05, 0) is 42.8 Å². The van der Waals surface area contributed by atoms with Crippen LogP contribution in [0.2, 0.25) is 0 Å². The number of hydrogen-bond donors (Lipinski definition) is 0. The molecule has 1 aromatic carbocycles. The molecule has 2 rings (SSSR count). The predicted octanol–water partition coefficient (Wildman–Crippen LogP) is 3.45. The van der Waals surface area contributed by atoms with E-state index >= 15 is 0 Å². The number of pyridine rings is 1. The van der Waals surface area contributed by atoms with Crippen LogP contribution < -0.4 is 4.90 Å². The number of carbonyl (C=O) groups excluding carboxylic acids is 2. The van der Waals surface area contributed by atoms with Gasteiger partial charge in [-0.1, -0.05) is 19.9 Å². The molecule has 1 aromatic heterocycles. The van der Waals surface area contributed by atoms with Crippen molar-refractivity contribution in [3.63, 3.8) is 0 Å². The van der Waals surface area contributed by atoms with Crippen LogP contribution in [0.15, 0.2) is 48.8 Å². The molecule has 0 aliphatic heterocycles. The summed E-state index contributed by atoms with van der Waals surface area (Å²) in [6.45, 7) is 6.27. The second-order valence-electron chi connectivity index (χ2n) is 5.71. The molecule has 0 bridgehead atoms. The number of benzene rings is 1. The van der Waals surface area contributed by atoms with Gasteiger partial charge in [0.15, 0.2) is 0 Å². The van der Waals surface area contributed by atoms with Crippen LogP contribution in [0.3, 0.4) is 0 Å². The summed E-state index contributed by atoms with van der Waals surface area (Å²) in [5.41, 5.74) is 2.16. The summed E-state index contributed by atoms with van der Waals surface area (Å²) < 4.78 is 4.98. The van der Waals surface area contributed by atoms with Gasteiger partial charge in [0, 0.05) is 24.0 Å². The van der Waals surface area contributed by atoms with E-state index < -0.39 is 0 Å². The normalized spacial score (nSPS) is 10.5. The van der Waals surface area contributed by atoms with Crippen molar-refractivity contribution in [2.45, 2.75) is 27.3 Å². The molecule has 0 saturated heterocycles. The summed E-state index contributed by atoms with van der Waals surface area (Å²) in [6, 6.07) is 10.7.